The maximum Gasteiger partial charge on any atom is 0.127 e. The minimum atomic E-state index is -0.134. The Balaban J connectivity index is 2.10. The molecule has 0 radical (unpaired) electrons. The van der Waals surface area contributed by atoms with Crippen LogP contribution in [0.1, 0.15) is 32.4 Å². The van der Waals surface area contributed by atoms with Gasteiger partial charge in [-0.3, -0.25) is 4.90 Å². The summed E-state index contributed by atoms with van der Waals surface area (Å²) in [5.41, 5.74) is 0.790. The van der Waals surface area contributed by atoms with Crippen LogP contribution in [-0.2, 0) is 4.74 Å². The topological polar surface area (TPSA) is 24.5 Å². The van der Waals surface area contributed by atoms with Crippen LogP contribution in [-0.4, -0.2) is 43.8 Å². The van der Waals surface area contributed by atoms with E-state index in [4.69, 9.17) is 4.74 Å². The summed E-state index contributed by atoms with van der Waals surface area (Å²) in [5, 5.41) is 3.28. The van der Waals surface area contributed by atoms with Crippen molar-refractivity contribution in [3.8, 4) is 0 Å². The van der Waals surface area contributed by atoms with Crippen molar-refractivity contribution in [2.45, 2.75) is 32.4 Å². The molecule has 118 valence electrons. The zero-order chi connectivity index (χ0) is 15.5. The molecule has 21 heavy (non-hydrogen) atoms. The number of ether oxygens (including phenoxy) is 1. The van der Waals surface area contributed by atoms with Gasteiger partial charge in [0.2, 0.25) is 0 Å². The van der Waals surface area contributed by atoms with Crippen molar-refractivity contribution in [2.24, 2.45) is 5.92 Å². The zero-order valence-electron chi connectivity index (χ0n) is 13.5. The van der Waals surface area contributed by atoms with Gasteiger partial charge in [-0.05, 0) is 32.9 Å². The molecule has 0 spiro atoms. The molecule has 1 heterocycles. The second kappa shape index (κ2) is 6.86. The first-order valence-corrected chi connectivity index (χ1v) is 7.70. The molecular weight excluding hydrogens is 267 g/mol. The van der Waals surface area contributed by atoms with Crippen LogP contribution in [0.4, 0.5) is 4.39 Å². The largest absolute Gasteiger partial charge is 0.378 e. The SMILES string of the molecule is CNC(c1ccccc1F)C(C)CN1CCOCC1(C)C. The van der Waals surface area contributed by atoms with Gasteiger partial charge in [-0.2, -0.15) is 0 Å². The summed E-state index contributed by atoms with van der Waals surface area (Å²) in [5.74, 6) is 0.175. The fraction of sp³-hybridized carbons (Fsp3) is 0.647. The second-order valence-electron chi connectivity index (χ2n) is 6.58. The number of hydrogen-bond acceptors (Lipinski definition) is 3. The summed E-state index contributed by atoms with van der Waals surface area (Å²) in [7, 11) is 1.90. The van der Waals surface area contributed by atoms with E-state index in [0.29, 0.717) is 5.92 Å². The van der Waals surface area contributed by atoms with E-state index >= 15 is 0 Å². The Morgan fingerprint density at radius 1 is 1.38 bits per heavy atom. The third-order valence-corrected chi connectivity index (χ3v) is 4.45. The molecule has 0 bridgehead atoms. The average molecular weight is 294 g/mol. The van der Waals surface area contributed by atoms with E-state index < -0.39 is 0 Å². The standard InChI is InChI=1S/C17H27FN2O/c1-13(11-20-9-10-21-12-17(20,2)3)16(19-4)14-7-5-6-8-15(14)18/h5-8,13,16,19H,9-12H2,1-4H3. The number of nitrogens with one attached hydrogen (secondary N) is 1. The fourth-order valence-corrected chi connectivity index (χ4v) is 3.16. The Morgan fingerprint density at radius 3 is 2.71 bits per heavy atom. The Bertz CT molecular complexity index is 464. The molecule has 0 aliphatic carbocycles. The smallest absolute Gasteiger partial charge is 0.127 e. The molecule has 0 aromatic heterocycles. The summed E-state index contributed by atoms with van der Waals surface area (Å²) >= 11 is 0. The third-order valence-electron chi connectivity index (χ3n) is 4.45. The molecule has 2 unspecified atom stereocenters. The number of hydrogen-bond donors (Lipinski definition) is 1. The first-order chi connectivity index (χ1) is 9.95. The third kappa shape index (κ3) is 3.82. The molecule has 1 aromatic carbocycles. The fourth-order valence-electron chi connectivity index (χ4n) is 3.16. The molecule has 2 atom stereocenters. The van der Waals surface area contributed by atoms with Crippen LogP contribution < -0.4 is 5.32 Å². The molecule has 3 nitrogen and oxygen atoms in total. The molecule has 1 aliphatic heterocycles. The van der Waals surface area contributed by atoms with Crippen LogP contribution in [0, 0.1) is 11.7 Å². The Hall–Kier alpha value is -0.970. The molecule has 1 N–H and O–H groups in total. The van der Waals surface area contributed by atoms with E-state index in [9.17, 15) is 4.39 Å². The summed E-state index contributed by atoms with van der Waals surface area (Å²) in [4.78, 5) is 2.45. The maximum absolute atomic E-state index is 14.0. The minimum Gasteiger partial charge on any atom is -0.378 e. The van der Waals surface area contributed by atoms with Crippen molar-refractivity contribution in [2.75, 3.05) is 33.4 Å². The summed E-state index contributed by atoms with van der Waals surface area (Å²) < 4.78 is 19.6. The average Bonchev–Trinajstić information content (AvgIpc) is 2.44. The molecular formula is C17H27FN2O. The molecule has 1 aromatic rings. The van der Waals surface area contributed by atoms with Crippen molar-refractivity contribution in [1.82, 2.24) is 10.2 Å². The minimum absolute atomic E-state index is 0.0184. The van der Waals surface area contributed by atoms with Gasteiger partial charge >= 0.3 is 0 Å². The lowest BCUT2D eigenvalue weighted by Crippen LogP contribution is -2.54. The molecule has 1 fully saturated rings. The highest BCUT2D eigenvalue weighted by atomic mass is 19.1. The Labute approximate surface area is 127 Å². The molecule has 0 amide bonds. The second-order valence-corrected chi connectivity index (χ2v) is 6.58. The van der Waals surface area contributed by atoms with Crippen molar-refractivity contribution in [3.05, 3.63) is 35.6 Å². The molecule has 1 aliphatic rings. The normalized spacial score (nSPS) is 22.0. The highest BCUT2D eigenvalue weighted by Crippen LogP contribution is 2.28. The van der Waals surface area contributed by atoms with E-state index in [1.807, 2.05) is 19.2 Å². The quantitative estimate of drug-likeness (QED) is 0.904. The van der Waals surface area contributed by atoms with Gasteiger partial charge in [-0.15, -0.1) is 0 Å². The number of benzene rings is 1. The van der Waals surface area contributed by atoms with Crippen LogP contribution >= 0.6 is 0 Å². The Morgan fingerprint density at radius 2 is 2.10 bits per heavy atom. The first-order valence-electron chi connectivity index (χ1n) is 7.70. The van der Waals surface area contributed by atoms with E-state index in [2.05, 4.69) is 31.0 Å². The van der Waals surface area contributed by atoms with Gasteiger partial charge in [0.15, 0.2) is 0 Å². The van der Waals surface area contributed by atoms with Crippen molar-refractivity contribution < 1.29 is 9.13 Å². The van der Waals surface area contributed by atoms with Gasteiger partial charge in [-0.25, -0.2) is 4.39 Å². The molecule has 2 rings (SSSR count). The van der Waals surface area contributed by atoms with Crippen LogP contribution in [0.15, 0.2) is 24.3 Å². The van der Waals surface area contributed by atoms with Crippen LogP contribution in [0.2, 0.25) is 0 Å². The van der Waals surface area contributed by atoms with Crippen molar-refractivity contribution >= 4 is 0 Å². The molecule has 1 saturated heterocycles. The highest BCUT2D eigenvalue weighted by Gasteiger charge is 2.33. The monoisotopic (exact) mass is 294 g/mol. The van der Waals surface area contributed by atoms with E-state index in [1.165, 1.54) is 6.07 Å². The lowest BCUT2D eigenvalue weighted by Gasteiger charge is -2.44. The Kier molecular flexibility index (Phi) is 5.36. The zero-order valence-corrected chi connectivity index (χ0v) is 13.5. The lowest BCUT2D eigenvalue weighted by atomic mass is 9.91. The van der Waals surface area contributed by atoms with Gasteiger partial charge in [0.05, 0.1) is 13.2 Å². The van der Waals surface area contributed by atoms with Gasteiger partial charge in [-0.1, -0.05) is 25.1 Å². The first kappa shape index (κ1) is 16.4. The van der Waals surface area contributed by atoms with E-state index in [-0.39, 0.29) is 17.4 Å². The van der Waals surface area contributed by atoms with E-state index in [0.717, 1.165) is 31.9 Å². The molecule has 0 saturated carbocycles. The van der Waals surface area contributed by atoms with Gasteiger partial charge in [0.25, 0.3) is 0 Å². The van der Waals surface area contributed by atoms with Gasteiger partial charge in [0.1, 0.15) is 5.82 Å². The summed E-state index contributed by atoms with van der Waals surface area (Å²) in [6.07, 6.45) is 0. The van der Waals surface area contributed by atoms with Crippen LogP contribution in [0.5, 0.6) is 0 Å². The summed E-state index contributed by atoms with van der Waals surface area (Å²) in [6.45, 7) is 9.98. The number of halogens is 1. The number of nitrogens with zero attached hydrogens (tertiary/aromatic N) is 1. The van der Waals surface area contributed by atoms with Crippen molar-refractivity contribution in [1.29, 1.82) is 0 Å². The van der Waals surface area contributed by atoms with Crippen LogP contribution in [0.25, 0.3) is 0 Å². The predicted molar refractivity (Wildman–Crippen MR) is 83.8 cm³/mol. The van der Waals surface area contributed by atoms with E-state index in [1.54, 1.807) is 6.07 Å². The summed E-state index contributed by atoms with van der Waals surface area (Å²) in [6, 6.07) is 7.06. The molecule has 4 heteroatoms. The van der Waals surface area contributed by atoms with Gasteiger partial charge < -0.3 is 10.1 Å². The number of morpholine rings is 1. The maximum atomic E-state index is 14.0. The van der Waals surface area contributed by atoms with Crippen molar-refractivity contribution in [3.63, 3.8) is 0 Å². The lowest BCUT2D eigenvalue weighted by molar-refractivity contribution is -0.0580. The van der Waals surface area contributed by atoms with Crippen LogP contribution in [0.3, 0.4) is 0 Å². The predicted octanol–water partition coefficient (Wildman–Crippen LogP) is 2.83. The van der Waals surface area contributed by atoms with Gasteiger partial charge in [0, 0.05) is 30.2 Å². The highest BCUT2D eigenvalue weighted by molar-refractivity contribution is 5.22. The number of rotatable bonds is 5.